The Bertz CT molecular complexity index is 1600. The molecule has 0 radical (unpaired) electrons. The molecule has 0 aromatic heterocycles. The predicted octanol–water partition coefficient (Wildman–Crippen LogP) is 6.72. The predicted molar refractivity (Wildman–Crippen MR) is 201 cm³/mol. The molecular formula is C41H55N3O9. The lowest BCUT2D eigenvalue weighted by Crippen LogP contribution is -2.70. The summed E-state index contributed by atoms with van der Waals surface area (Å²) in [6.45, 7) is 6.98. The lowest BCUT2D eigenvalue weighted by Gasteiger charge is -2.59. The van der Waals surface area contributed by atoms with Gasteiger partial charge in [0.25, 0.3) is 0 Å². The highest BCUT2D eigenvalue weighted by Crippen LogP contribution is 2.62. The number of oxime groups is 1. The van der Waals surface area contributed by atoms with Gasteiger partial charge in [-0.2, -0.15) is 0 Å². The number of aliphatic hydroxyl groups excluding tert-OH is 2. The van der Waals surface area contributed by atoms with E-state index in [2.05, 4.69) is 23.1 Å². The van der Waals surface area contributed by atoms with E-state index < -0.39 is 29.9 Å². The number of nitrogens with one attached hydrogen (secondary N) is 1. The van der Waals surface area contributed by atoms with Gasteiger partial charge in [-0.05, 0) is 73.3 Å². The van der Waals surface area contributed by atoms with Crippen LogP contribution in [0.15, 0.2) is 78.0 Å². The average molecular weight is 734 g/mol. The second-order valence-corrected chi connectivity index (χ2v) is 13.8. The lowest BCUT2D eigenvalue weighted by atomic mass is 9.55. The van der Waals surface area contributed by atoms with Crippen LogP contribution in [0.3, 0.4) is 0 Å². The quantitative estimate of drug-likeness (QED) is 0.0863. The summed E-state index contributed by atoms with van der Waals surface area (Å²) in [5, 5.41) is 26.9. The molecule has 53 heavy (non-hydrogen) atoms. The van der Waals surface area contributed by atoms with Crippen molar-refractivity contribution >= 4 is 17.9 Å². The molecule has 0 spiro atoms. The van der Waals surface area contributed by atoms with E-state index in [9.17, 15) is 19.8 Å². The molecule has 0 bridgehead atoms. The molecule has 2 amide bonds. The summed E-state index contributed by atoms with van der Waals surface area (Å²) in [6, 6.07) is 14.3. The molecule has 12 heteroatoms. The smallest absolute Gasteiger partial charge is 0.412 e. The number of ether oxygens (including phenoxy) is 4. The van der Waals surface area contributed by atoms with Gasteiger partial charge in [0.05, 0.1) is 25.3 Å². The van der Waals surface area contributed by atoms with Gasteiger partial charge in [-0.3, -0.25) is 4.90 Å². The van der Waals surface area contributed by atoms with Crippen LogP contribution < -0.4 is 14.8 Å². The van der Waals surface area contributed by atoms with Crippen molar-refractivity contribution < 1.29 is 43.6 Å². The van der Waals surface area contributed by atoms with Gasteiger partial charge in [0, 0.05) is 44.2 Å². The van der Waals surface area contributed by atoms with E-state index >= 15 is 0 Å². The number of benzene rings is 2. The number of carbonyl (C=O) groups excluding carboxylic acids is 2. The van der Waals surface area contributed by atoms with Crippen molar-refractivity contribution in [1.29, 1.82) is 0 Å². The second-order valence-electron chi connectivity index (χ2n) is 13.8. The van der Waals surface area contributed by atoms with Crippen LogP contribution in [0.4, 0.5) is 9.59 Å². The van der Waals surface area contributed by atoms with Crippen molar-refractivity contribution in [3.8, 4) is 11.5 Å². The van der Waals surface area contributed by atoms with E-state index in [0.29, 0.717) is 49.6 Å². The number of methoxy groups -OCH3 is 1. The maximum Gasteiger partial charge on any atom is 0.412 e. The molecule has 2 aromatic carbocycles. The van der Waals surface area contributed by atoms with Crippen LogP contribution in [0.1, 0.15) is 75.3 Å². The van der Waals surface area contributed by atoms with Gasteiger partial charge < -0.3 is 39.3 Å². The highest BCUT2D eigenvalue weighted by atomic mass is 16.7. The SMILES string of the molecule is C=CCOC12Oc3ccc(OC(=O)NCc4ccccc4)cc3C3C(CCCCO)C(CCCCO)C=C(C(=NOC)CC1N(CCC)C(=O)OC)C32. The van der Waals surface area contributed by atoms with Crippen LogP contribution in [-0.2, 0) is 20.9 Å². The summed E-state index contributed by atoms with van der Waals surface area (Å²) in [7, 11) is 2.88. The molecule has 12 nitrogen and oxygen atoms in total. The monoisotopic (exact) mass is 733 g/mol. The third kappa shape index (κ3) is 8.88. The third-order valence-corrected chi connectivity index (χ3v) is 10.6. The van der Waals surface area contributed by atoms with Crippen molar-refractivity contribution in [1.82, 2.24) is 10.2 Å². The van der Waals surface area contributed by atoms with Gasteiger partial charge >= 0.3 is 12.2 Å². The highest BCUT2D eigenvalue weighted by molar-refractivity contribution is 6.03. The van der Waals surface area contributed by atoms with Crippen LogP contribution in [0.2, 0.25) is 0 Å². The zero-order chi connectivity index (χ0) is 37.8. The number of aliphatic hydroxyl groups is 2. The molecule has 6 unspecified atom stereocenters. The molecule has 288 valence electrons. The standard InChI is InChI=1S/C41H55N3O9/c1-5-20-44(40(48)49-3)36-26-34(43-50-4)32-24-29(16-10-12-21-45)31(17-11-13-22-46)37-33-25-30(52-39(47)42-27-28-14-8-7-9-15-28)18-19-35(33)53-41(36,38(32)37)51-23-6-2/h6-9,14-15,18-19,24-25,29,31,36-38,45-46H,2,5,10-13,16-17,20-23,26-27H2,1,3-4H3,(H,42,47). The van der Waals surface area contributed by atoms with Crippen LogP contribution in [0.25, 0.3) is 0 Å². The molecule has 1 saturated carbocycles. The molecule has 2 aromatic rings. The molecule has 1 fully saturated rings. The molecule has 2 aliphatic carbocycles. The average Bonchev–Trinajstić information content (AvgIpc) is 3.17. The van der Waals surface area contributed by atoms with Gasteiger partial charge in [-0.1, -0.05) is 67.4 Å². The van der Waals surface area contributed by atoms with Crippen LogP contribution in [0.5, 0.6) is 11.5 Å². The van der Waals surface area contributed by atoms with Crippen LogP contribution in [0, 0.1) is 17.8 Å². The summed E-state index contributed by atoms with van der Waals surface area (Å²) in [5.74, 6) is -1.07. The van der Waals surface area contributed by atoms with E-state index in [1.807, 2.05) is 49.4 Å². The number of allylic oxidation sites excluding steroid dienone is 1. The minimum atomic E-state index is -1.38. The Balaban J connectivity index is 1.68. The molecule has 3 aliphatic rings. The largest absolute Gasteiger partial charge is 0.459 e. The number of amides is 2. The van der Waals surface area contributed by atoms with Gasteiger partial charge in [-0.15, -0.1) is 6.58 Å². The zero-order valence-corrected chi connectivity index (χ0v) is 31.2. The van der Waals surface area contributed by atoms with Crippen molar-refractivity contribution in [3.05, 3.63) is 84.0 Å². The van der Waals surface area contributed by atoms with E-state index in [0.717, 1.165) is 42.4 Å². The van der Waals surface area contributed by atoms with Gasteiger partial charge in [-0.25, -0.2) is 9.59 Å². The maximum absolute atomic E-state index is 13.6. The van der Waals surface area contributed by atoms with Crippen molar-refractivity contribution in [2.24, 2.45) is 22.9 Å². The molecule has 0 saturated heterocycles. The minimum absolute atomic E-state index is 0.0332. The third-order valence-electron chi connectivity index (χ3n) is 10.6. The number of rotatable bonds is 18. The van der Waals surface area contributed by atoms with E-state index in [4.69, 9.17) is 23.8 Å². The Labute approximate surface area is 312 Å². The van der Waals surface area contributed by atoms with Crippen LogP contribution in [-0.4, -0.2) is 85.4 Å². The highest BCUT2D eigenvalue weighted by Gasteiger charge is 2.65. The summed E-state index contributed by atoms with van der Waals surface area (Å²) >= 11 is 0. The first-order valence-corrected chi connectivity index (χ1v) is 18.8. The Morgan fingerprint density at radius 1 is 1.08 bits per heavy atom. The Hall–Kier alpha value is -4.39. The molecular weight excluding hydrogens is 678 g/mol. The normalized spacial score (nSPS) is 24.9. The first-order valence-electron chi connectivity index (χ1n) is 18.8. The van der Waals surface area contributed by atoms with Crippen LogP contribution >= 0.6 is 0 Å². The van der Waals surface area contributed by atoms with Gasteiger partial charge in [0.2, 0.25) is 5.79 Å². The minimum Gasteiger partial charge on any atom is -0.459 e. The maximum atomic E-state index is 13.6. The summed E-state index contributed by atoms with van der Waals surface area (Å²) in [6.07, 6.45) is 8.33. The Morgan fingerprint density at radius 2 is 1.83 bits per heavy atom. The fourth-order valence-corrected chi connectivity index (χ4v) is 8.47. The fraction of sp³-hybridized carbons (Fsp3) is 0.537. The van der Waals surface area contributed by atoms with E-state index in [1.54, 1.807) is 17.0 Å². The van der Waals surface area contributed by atoms with Crippen molar-refractivity contribution in [2.45, 2.75) is 82.6 Å². The summed E-state index contributed by atoms with van der Waals surface area (Å²) < 4.78 is 25.2. The first kappa shape index (κ1) is 39.8. The zero-order valence-electron chi connectivity index (χ0n) is 31.2. The summed E-state index contributed by atoms with van der Waals surface area (Å²) in [5.41, 5.74) is 3.41. The summed E-state index contributed by atoms with van der Waals surface area (Å²) in [4.78, 5) is 33.8. The van der Waals surface area contributed by atoms with E-state index in [1.165, 1.54) is 14.2 Å². The number of fused-ring (bicyclic) bond motifs is 2. The molecule has 3 N–H and O–H groups in total. The number of hydrogen-bond acceptors (Lipinski definition) is 10. The fourth-order valence-electron chi connectivity index (χ4n) is 8.47. The Kier molecular flexibility index (Phi) is 14.3. The number of unbranched alkanes of at least 4 members (excludes halogenated alkanes) is 2. The van der Waals surface area contributed by atoms with Crippen molar-refractivity contribution in [3.63, 3.8) is 0 Å². The molecule has 6 atom stereocenters. The first-order chi connectivity index (χ1) is 25.8. The number of hydrogen-bond donors (Lipinski definition) is 3. The number of carbonyl (C=O) groups is 2. The molecule has 1 aliphatic heterocycles. The van der Waals surface area contributed by atoms with Crippen molar-refractivity contribution in [2.75, 3.05) is 40.6 Å². The number of nitrogens with zero attached hydrogens (tertiary/aromatic N) is 2. The van der Waals surface area contributed by atoms with Gasteiger partial charge in [0.15, 0.2) is 0 Å². The molecule has 5 rings (SSSR count). The van der Waals surface area contributed by atoms with Gasteiger partial charge in [0.1, 0.15) is 24.7 Å². The van der Waals surface area contributed by atoms with E-state index in [-0.39, 0.29) is 44.0 Å². The second kappa shape index (κ2) is 19.1. The molecule has 1 heterocycles. The Morgan fingerprint density at radius 3 is 2.51 bits per heavy atom. The lowest BCUT2D eigenvalue weighted by molar-refractivity contribution is -0.255. The topological polar surface area (TPSA) is 148 Å².